The van der Waals surface area contributed by atoms with E-state index in [-0.39, 0.29) is 0 Å². The van der Waals surface area contributed by atoms with E-state index < -0.39 is 0 Å². The molecular weight excluding hydrogens is 336 g/mol. The molecule has 0 amide bonds. The Hall–Kier alpha value is -2.80. The summed E-state index contributed by atoms with van der Waals surface area (Å²) in [5.74, 6) is 2.28. The fourth-order valence-electron chi connectivity index (χ4n) is 2.38. The van der Waals surface area contributed by atoms with Crippen LogP contribution in [-0.4, -0.2) is 39.3 Å². The number of hydrogen-bond donors (Lipinski definition) is 1. The van der Waals surface area contributed by atoms with Crippen molar-refractivity contribution in [3.8, 4) is 11.5 Å². The van der Waals surface area contributed by atoms with Gasteiger partial charge in [-0.15, -0.1) is 0 Å². The Bertz CT molecular complexity index is 907. The van der Waals surface area contributed by atoms with Crippen molar-refractivity contribution in [2.24, 2.45) is 4.99 Å². The lowest BCUT2D eigenvalue weighted by molar-refractivity contribution is 0.415. The molecule has 0 aliphatic rings. The van der Waals surface area contributed by atoms with Gasteiger partial charge in [-0.1, -0.05) is 17.4 Å². The lowest BCUT2D eigenvalue weighted by Crippen LogP contribution is -2.32. The number of thiazole rings is 1. The van der Waals surface area contributed by atoms with Crippen molar-refractivity contribution in [2.45, 2.75) is 0 Å². The Labute approximate surface area is 150 Å². The molecule has 0 saturated heterocycles. The fourth-order valence-corrected chi connectivity index (χ4v) is 3.29. The zero-order valence-corrected chi connectivity index (χ0v) is 15.4. The Morgan fingerprint density at radius 2 is 1.88 bits per heavy atom. The zero-order valence-electron chi connectivity index (χ0n) is 14.6. The minimum Gasteiger partial charge on any atom is -0.497 e. The van der Waals surface area contributed by atoms with E-state index >= 15 is 0 Å². The van der Waals surface area contributed by atoms with Crippen LogP contribution in [0.5, 0.6) is 11.5 Å². The molecule has 6 nitrogen and oxygen atoms in total. The average Bonchev–Trinajstić information content (AvgIpc) is 3.08. The first-order chi connectivity index (χ1) is 12.1. The van der Waals surface area contributed by atoms with Crippen molar-refractivity contribution < 1.29 is 9.47 Å². The van der Waals surface area contributed by atoms with Crippen molar-refractivity contribution in [1.82, 2.24) is 4.98 Å². The van der Waals surface area contributed by atoms with E-state index in [1.165, 1.54) is 0 Å². The summed E-state index contributed by atoms with van der Waals surface area (Å²) < 4.78 is 11.6. The summed E-state index contributed by atoms with van der Waals surface area (Å²) >= 11 is 1.60. The Balaban J connectivity index is 1.85. The maximum Gasteiger partial charge on any atom is 0.204 e. The summed E-state index contributed by atoms with van der Waals surface area (Å²) in [6.45, 7) is 0. The van der Waals surface area contributed by atoms with Crippen LogP contribution < -0.4 is 19.7 Å². The van der Waals surface area contributed by atoms with Crippen molar-refractivity contribution in [2.75, 3.05) is 38.5 Å². The predicted molar refractivity (Wildman–Crippen MR) is 105 cm³/mol. The Kier molecular flexibility index (Phi) is 5.04. The molecule has 130 valence electrons. The minimum absolute atomic E-state index is 0.694. The van der Waals surface area contributed by atoms with E-state index in [0.29, 0.717) is 5.96 Å². The Morgan fingerprint density at radius 1 is 1.12 bits per heavy atom. The van der Waals surface area contributed by atoms with Crippen LogP contribution in [0.4, 0.5) is 10.8 Å². The smallest absolute Gasteiger partial charge is 0.204 e. The second-order valence-electron chi connectivity index (χ2n) is 5.29. The molecule has 2 aromatic carbocycles. The van der Waals surface area contributed by atoms with Gasteiger partial charge in [0, 0.05) is 31.9 Å². The largest absolute Gasteiger partial charge is 0.497 e. The highest BCUT2D eigenvalue weighted by Gasteiger charge is 2.14. The van der Waals surface area contributed by atoms with Gasteiger partial charge < -0.3 is 14.8 Å². The molecule has 3 aromatic rings. The molecule has 0 bridgehead atoms. The number of aromatic nitrogens is 1. The molecule has 1 aromatic heterocycles. The predicted octanol–water partition coefficient (Wildman–Crippen LogP) is 3.85. The first-order valence-corrected chi connectivity index (χ1v) is 8.52. The average molecular weight is 356 g/mol. The summed E-state index contributed by atoms with van der Waals surface area (Å²) in [6.07, 6.45) is 0. The van der Waals surface area contributed by atoms with Gasteiger partial charge in [-0.3, -0.25) is 9.89 Å². The summed E-state index contributed by atoms with van der Waals surface area (Å²) in [7, 11) is 6.98. The fraction of sp³-hybridized carbons (Fsp3) is 0.222. The van der Waals surface area contributed by atoms with E-state index in [4.69, 9.17) is 9.47 Å². The number of fused-ring (bicyclic) bond motifs is 1. The van der Waals surface area contributed by atoms with Gasteiger partial charge in [-0.05, 0) is 24.3 Å². The number of aliphatic imine (C=N–C) groups is 1. The van der Waals surface area contributed by atoms with Crippen LogP contribution in [-0.2, 0) is 0 Å². The van der Waals surface area contributed by atoms with Gasteiger partial charge in [0.15, 0.2) is 5.13 Å². The minimum atomic E-state index is 0.694. The van der Waals surface area contributed by atoms with Crippen molar-refractivity contribution >= 4 is 38.3 Å². The van der Waals surface area contributed by atoms with E-state index in [2.05, 4.69) is 15.3 Å². The standard InChI is InChI=1S/C18H20N4O2S/c1-19-17(20-12-6-5-7-13(10-12)23-3)22(2)18-21-15-11-14(24-4)8-9-16(15)25-18/h5-11H,1-4H3,(H,19,20). The topological polar surface area (TPSA) is 59.0 Å². The Morgan fingerprint density at radius 3 is 2.60 bits per heavy atom. The van der Waals surface area contributed by atoms with Gasteiger partial charge in [0.25, 0.3) is 0 Å². The first kappa shape index (κ1) is 17.0. The van der Waals surface area contributed by atoms with E-state index in [9.17, 15) is 0 Å². The molecule has 0 saturated carbocycles. The summed E-state index contributed by atoms with van der Waals surface area (Å²) in [5, 5.41) is 4.15. The number of anilines is 2. The molecule has 0 fully saturated rings. The van der Waals surface area contributed by atoms with E-state index in [0.717, 1.165) is 32.5 Å². The monoisotopic (exact) mass is 356 g/mol. The SMILES string of the molecule is CN=C(Nc1cccc(OC)c1)N(C)c1nc2cc(OC)ccc2s1. The molecule has 0 radical (unpaired) electrons. The molecular formula is C18H20N4O2S. The maximum atomic E-state index is 5.26. The van der Waals surface area contributed by atoms with Crippen LogP contribution in [0.3, 0.4) is 0 Å². The van der Waals surface area contributed by atoms with E-state index in [1.807, 2.05) is 54.4 Å². The van der Waals surface area contributed by atoms with Crippen LogP contribution in [0.15, 0.2) is 47.5 Å². The van der Waals surface area contributed by atoms with Crippen LogP contribution in [0, 0.1) is 0 Å². The lowest BCUT2D eigenvalue weighted by atomic mass is 10.3. The number of ether oxygens (including phenoxy) is 2. The number of hydrogen-bond acceptors (Lipinski definition) is 5. The van der Waals surface area contributed by atoms with Gasteiger partial charge in [0.05, 0.1) is 24.4 Å². The molecule has 7 heteroatoms. The van der Waals surface area contributed by atoms with Crippen LogP contribution in [0.1, 0.15) is 0 Å². The molecule has 0 spiro atoms. The summed E-state index contributed by atoms with van der Waals surface area (Å²) in [4.78, 5) is 11.0. The molecule has 1 N–H and O–H groups in total. The second-order valence-corrected chi connectivity index (χ2v) is 6.30. The molecule has 0 aliphatic heterocycles. The van der Waals surface area contributed by atoms with E-state index in [1.54, 1.807) is 32.6 Å². The molecule has 0 atom stereocenters. The van der Waals surface area contributed by atoms with Crippen molar-refractivity contribution in [3.05, 3.63) is 42.5 Å². The number of nitrogens with zero attached hydrogens (tertiary/aromatic N) is 3. The lowest BCUT2D eigenvalue weighted by Gasteiger charge is -2.19. The number of nitrogens with one attached hydrogen (secondary N) is 1. The van der Waals surface area contributed by atoms with Crippen LogP contribution in [0.25, 0.3) is 10.2 Å². The highest BCUT2D eigenvalue weighted by atomic mass is 32.1. The third-order valence-electron chi connectivity index (χ3n) is 3.73. The highest BCUT2D eigenvalue weighted by molar-refractivity contribution is 7.22. The number of rotatable bonds is 4. The van der Waals surface area contributed by atoms with Crippen LogP contribution in [0.2, 0.25) is 0 Å². The number of benzene rings is 2. The first-order valence-electron chi connectivity index (χ1n) is 7.70. The molecule has 25 heavy (non-hydrogen) atoms. The van der Waals surface area contributed by atoms with Crippen molar-refractivity contribution in [1.29, 1.82) is 0 Å². The van der Waals surface area contributed by atoms with Gasteiger partial charge >= 0.3 is 0 Å². The van der Waals surface area contributed by atoms with Gasteiger partial charge in [-0.2, -0.15) is 0 Å². The maximum absolute atomic E-state index is 5.26. The second kappa shape index (κ2) is 7.40. The highest BCUT2D eigenvalue weighted by Crippen LogP contribution is 2.31. The van der Waals surface area contributed by atoms with Crippen LogP contribution >= 0.6 is 11.3 Å². The molecule has 1 heterocycles. The third kappa shape index (κ3) is 3.66. The summed E-state index contributed by atoms with van der Waals surface area (Å²) in [5.41, 5.74) is 1.80. The molecule has 3 rings (SSSR count). The van der Waals surface area contributed by atoms with Gasteiger partial charge in [-0.25, -0.2) is 4.98 Å². The summed E-state index contributed by atoms with van der Waals surface area (Å²) in [6, 6.07) is 13.6. The molecule has 0 aliphatic carbocycles. The quantitative estimate of drug-likeness (QED) is 0.568. The number of methoxy groups -OCH3 is 2. The van der Waals surface area contributed by atoms with Gasteiger partial charge in [0.2, 0.25) is 5.96 Å². The molecule has 0 unspecified atom stereocenters. The van der Waals surface area contributed by atoms with Gasteiger partial charge in [0.1, 0.15) is 11.5 Å². The number of guanidine groups is 1. The third-order valence-corrected chi connectivity index (χ3v) is 4.84. The zero-order chi connectivity index (χ0) is 17.8. The van der Waals surface area contributed by atoms with Crippen molar-refractivity contribution in [3.63, 3.8) is 0 Å². The normalized spacial score (nSPS) is 11.4.